The zero-order chi connectivity index (χ0) is 25.9. The van der Waals surface area contributed by atoms with Crippen LogP contribution in [0.1, 0.15) is 40.0 Å². The molecule has 0 radical (unpaired) electrons. The quantitative estimate of drug-likeness (QED) is 0.392. The molecule has 1 spiro atoms. The van der Waals surface area contributed by atoms with Gasteiger partial charge in [0, 0.05) is 56.6 Å². The molecular weight excluding hydrogens is 450 g/mol. The highest BCUT2D eigenvalue weighted by Gasteiger charge is 2.40. The van der Waals surface area contributed by atoms with Crippen molar-refractivity contribution in [3.8, 4) is 6.07 Å². The molecule has 1 amide bonds. The number of nitriles is 1. The van der Waals surface area contributed by atoms with Crippen LogP contribution in [-0.2, 0) is 9.53 Å². The van der Waals surface area contributed by atoms with E-state index in [-0.39, 0.29) is 18.1 Å². The average Bonchev–Trinajstić information content (AvgIpc) is 2.82. The molecule has 1 fully saturated rings. The number of likely N-dealkylation sites (N-methyl/N-ethyl adjacent to an activating group) is 1. The lowest BCUT2D eigenvalue weighted by Crippen LogP contribution is -2.56. The monoisotopic (exact) mass is 484 g/mol. The molecular formula is C27H34F2N4O2. The van der Waals surface area contributed by atoms with E-state index in [2.05, 4.69) is 18.0 Å². The number of alkyl halides is 2. The van der Waals surface area contributed by atoms with E-state index in [1.165, 1.54) is 12.2 Å². The first-order valence-corrected chi connectivity index (χ1v) is 11.7. The fraction of sp³-hybridized carbons (Fsp3) is 0.407. The molecule has 0 aromatic heterocycles. The third-order valence-corrected chi connectivity index (χ3v) is 5.85. The van der Waals surface area contributed by atoms with Gasteiger partial charge in [0.1, 0.15) is 5.76 Å². The highest BCUT2D eigenvalue weighted by atomic mass is 19.3. The van der Waals surface area contributed by atoms with Crippen molar-refractivity contribution in [2.45, 2.75) is 51.7 Å². The minimum Gasteiger partial charge on any atom is -0.433 e. The Morgan fingerprint density at radius 2 is 2.11 bits per heavy atom. The predicted octanol–water partition coefficient (Wildman–Crippen LogP) is 5.30. The van der Waals surface area contributed by atoms with Crippen LogP contribution in [0.15, 0.2) is 84.6 Å². The molecule has 1 N–H and O–H groups in total. The molecule has 0 aromatic rings. The number of piperidine rings is 1. The Balaban J connectivity index is 2.26. The second-order valence-corrected chi connectivity index (χ2v) is 8.30. The highest BCUT2D eigenvalue weighted by molar-refractivity contribution is 5.78. The molecule has 0 aliphatic carbocycles. The van der Waals surface area contributed by atoms with Gasteiger partial charge in [-0.15, -0.1) is 0 Å². The van der Waals surface area contributed by atoms with Gasteiger partial charge in [0.05, 0.1) is 11.6 Å². The first-order chi connectivity index (χ1) is 16.7. The molecule has 0 bridgehead atoms. The molecule has 0 unspecified atom stereocenters. The third-order valence-electron chi connectivity index (χ3n) is 5.85. The summed E-state index contributed by atoms with van der Waals surface area (Å²) in [4.78, 5) is 16.6. The lowest BCUT2D eigenvalue weighted by molar-refractivity contribution is -0.195. The van der Waals surface area contributed by atoms with Gasteiger partial charge in [0.25, 0.3) is 0 Å². The van der Waals surface area contributed by atoms with Crippen molar-refractivity contribution < 1.29 is 18.3 Å². The summed E-state index contributed by atoms with van der Waals surface area (Å²) in [5.41, 5.74) is 0.958. The molecule has 2 aliphatic rings. The van der Waals surface area contributed by atoms with Crippen molar-refractivity contribution in [2.75, 3.05) is 19.6 Å². The van der Waals surface area contributed by atoms with Crippen molar-refractivity contribution in [1.82, 2.24) is 15.1 Å². The van der Waals surface area contributed by atoms with E-state index in [0.717, 1.165) is 5.70 Å². The van der Waals surface area contributed by atoms with E-state index in [9.17, 15) is 13.6 Å². The number of halogens is 2. The molecule has 6 nitrogen and oxygen atoms in total. The summed E-state index contributed by atoms with van der Waals surface area (Å²) < 4.78 is 31.6. The van der Waals surface area contributed by atoms with Gasteiger partial charge in [0.2, 0.25) is 5.91 Å². The van der Waals surface area contributed by atoms with Crippen LogP contribution in [0.3, 0.4) is 0 Å². The Morgan fingerprint density at radius 1 is 1.40 bits per heavy atom. The molecule has 0 atom stereocenters. The number of amides is 1. The summed E-state index contributed by atoms with van der Waals surface area (Å²) in [5.74, 6) is 0.0195. The van der Waals surface area contributed by atoms with Crippen LogP contribution < -0.4 is 5.32 Å². The topological polar surface area (TPSA) is 68.6 Å². The summed E-state index contributed by atoms with van der Waals surface area (Å²) >= 11 is 0. The van der Waals surface area contributed by atoms with Crippen molar-refractivity contribution in [2.24, 2.45) is 0 Å². The van der Waals surface area contributed by atoms with Crippen LogP contribution in [0.4, 0.5) is 8.78 Å². The van der Waals surface area contributed by atoms with Crippen LogP contribution in [0, 0.1) is 11.3 Å². The number of ether oxygens (including phenoxy) is 1. The predicted molar refractivity (Wildman–Crippen MR) is 134 cm³/mol. The summed E-state index contributed by atoms with van der Waals surface area (Å²) in [5, 5.41) is 12.4. The number of likely N-dealkylation sites (tertiary alicyclic amines) is 1. The molecule has 35 heavy (non-hydrogen) atoms. The highest BCUT2D eigenvalue weighted by Crippen LogP contribution is 2.33. The second kappa shape index (κ2) is 12.7. The zero-order valence-corrected chi connectivity index (χ0v) is 20.6. The first-order valence-electron chi connectivity index (χ1n) is 11.7. The fourth-order valence-electron chi connectivity index (χ4n) is 4.08. The van der Waals surface area contributed by atoms with E-state index < -0.39 is 11.6 Å². The standard InChI is InChI=1S/C27H34F2N4O2/c1-5-10-24-27(15-19-33(20-16-27)25(34)13-8-11-22(6-2)21-30)31-17-14-23(35-26(4,28)29)12-9-18-32(24)7-3/h5-6,8-12,14,17-18,31H,1,7,13,15-16,19-20H2,2-4H3/b11-8-,17-14+,18-9+,22-6+,23-12+,24-10-. The molecule has 1 saturated heterocycles. The molecule has 2 heterocycles. The van der Waals surface area contributed by atoms with Gasteiger partial charge in [0.15, 0.2) is 0 Å². The molecule has 0 aromatic carbocycles. The number of hydrogen-bond acceptors (Lipinski definition) is 5. The number of carbonyl (C=O) groups is 1. The number of allylic oxidation sites excluding steroid dienone is 8. The number of rotatable bonds is 7. The van der Waals surface area contributed by atoms with Crippen molar-refractivity contribution >= 4 is 5.91 Å². The summed E-state index contributed by atoms with van der Waals surface area (Å²) in [7, 11) is 0. The normalized spacial score (nSPS) is 23.3. The minimum absolute atomic E-state index is 0.00908. The Labute approximate surface area is 206 Å². The summed E-state index contributed by atoms with van der Waals surface area (Å²) in [6.07, 6.45) is 15.0. The maximum Gasteiger partial charge on any atom is 0.394 e. The maximum absolute atomic E-state index is 13.4. The zero-order valence-electron chi connectivity index (χ0n) is 20.6. The Morgan fingerprint density at radius 3 is 2.69 bits per heavy atom. The molecule has 2 aliphatic heterocycles. The second-order valence-electron chi connectivity index (χ2n) is 8.30. The molecule has 188 valence electrons. The summed E-state index contributed by atoms with van der Waals surface area (Å²) in [6.45, 7) is 10.0. The largest absolute Gasteiger partial charge is 0.433 e. The van der Waals surface area contributed by atoms with Gasteiger partial charge in [-0.2, -0.15) is 14.0 Å². The van der Waals surface area contributed by atoms with Crippen molar-refractivity contribution in [1.29, 1.82) is 5.26 Å². The van der Waals surface area contributed by atoms with Crippen LogP contribution in [0.5, 0.6) is 0 Å². The number of nitrogens with zero attached hydrogens (tertiary/aromatic N) is 3. The van der Waals surface area contributed by atoms with Crippen molar-refractivity contribution in [3.05, 3.63) is 84.6 Å². The first kappa shape index (κ1) is 27.6. The SMILES string of the molecule is C=C/C=C1\N(CC)/C=C/C=C(OC(C)(F)F)\C=C\NC12CCN(C(=O)C/C=C\C(C#N)=C/C)CC2. The van der Waals surface area contributed by atoms with Crippen LogP contribution >= 0.6 is 0 Å². The fourth-order valence-corrected chi connectivity index (χ4v) is 4.08. The van der Waals surface area contributed by atoms with Gasteiger partial charge in [-0.25, -0.2) is 0 Å². The summed E-state index contributed by atoms with van der Waals surface area (Å²) in [6, 6.07) is 2.06. The Hall–Kier alpha value is -3.60. The lowest BCUT2D eigenvalue weighted by atomic mass is 9.82. The average molecular weight is 485 g/mol. The smallest absolute Gasteiger partial charge is 0.394 e. The lowest BCUT2D eigenvalue weighted by Gasteiger charge is -2.46. The molecule has 8 heteroatoms. The number of nitrogens with one attached hydrogen (secondary N) is 1. The van der Waals surface area contributed by atoms with E-state index >= 15 is 0 Å². The van der Waals surface area contributed by atoms with E-state index in [4.69, 9.17) is 10.00 Å². The van der Waals surface area contributed by atoms with E-state index in [1.54, 1.807) is 43.5 Å². The van der Waals surface area contributed by atoms with E-state index in [1.807, 2.05) is 29.0 Å². The number of carbonyl (C=O) groups excluding carboxylic acids is 1. The Kier molecular flexibility index (Phi) is 10.1. The van der Waals surface area contributed by atoms with Crippen LogP contribution in [0.2, 0.25) is 0 Å². The van der Waals surface area contributed by atoms with Gasteiger partial charge in [-0.05, 0) is 57.1 Å². The van der Waals surface area contributed by atoms with Gasteiger partial charge >= 0.3 is 6.11 Å². The van der Waals surface area contributed by atoms with E-state index in [0.29, 0.717) is 45.0 Å². The molecule has 2 rings (SSSR count). The minimum atomic E-state index is -3.30. The van der Waals surface area contributed by atoms with Crippen LogP contribution in [0.25, 0.3) is 0 Å². The Bertz CT molecular complexity index is 986. The molecule has 0 saturated carbocycles. The maximum atomic E-state index is 13.4. The van der Waals surface area contributed by atoms with Gasteiger partial charge < -0.3 is 19.9 Å². The van der Waals surface area contributed by atoms with Crippen LogP contribution in [-0.4, -0.2) is 47.0 Å². The van der Waals surface area contributed by atoms with Crippen molar-refractivity contribution in [3.63, 3.8) is 0 Å². The third kappa shape index (κ3) is 7.99. The van der Waals surface area contributed by atoms with Gasteiger partial charge in [-0.1, -0.05) is 24.8 Å². The van der Waals surface area contributed by atoms with Gasteiger partial charge in [-0.3, -0.25) is 4.79 Å². The number of hydrogen-bond donors (Lipinski definition) is 1.